The quantitative estimate of drug-likeness (QED) is 0.214. The molecule has 0 radical (unpaired) electrons. The first kappa shape index (κ1) is 24.2. The summed E-state index contributed by atoms with van der Waals surface area (Å²) < 4.78 is 10.8. The number of hydrogen-bond donors (Lipinski definition) is 2. The molecule has 1 aliphatic rings. The van der Waals surface area contributed by atoms with E-state index in [0.29, 0.717) is 13.2 Å². The fraction of sp³-hybridized carbons (Fsp3) is 0.750. The molecule has 1 atom stereocenters. The fourth-order valence-corrected chi connectivity index (χ4v) is 3.31. The van der Waals surface area contributed by atoms with Crippen LogP contribution in [0.5, 0.6) is 0 Å². The lowest BCUT2D eigenvalue weighted by molar-refractivity contribution is 0.105. The molecule has 27 heavy (non-hydrogen) atoms. The van der Waals surface area contributed by atoms with Gasteiger partial charge in [0.25, 0.3) is 0 Å². The summed E-state index contributed by atoms with van der Waals surface area (Å²) in [5.74, 6) is 1.75. The molecule has 1 saturated heterocycles. The summed E-state index contributed by atoms with van der Waals surface area (Å²) in [6.45, 7) is 7.93. The molecule has 2 rings (SSSR count). The van der Waals surface area contributed by atoms with Gasteiger partial charge in [0.15, 0.2) is 5.96 Å². The molecular weight excluding hydrogens is 455 g/mol. The van der Waals surface area contributed by atoms with Crippen LogP contribution in [0.15, 0.2) is 27.8 Å². The summed E-state index contributed by atoms with van der Waals surface area (Å²) in [7, 11) is 1.82. The average molecular weight is 492 g/mol. The van der Waals surface area contributed by atoms with Crippen LogP contribution in [0.25, 0.3) is 0 Å². The summed E-state index contributed by atoms with van der Waals surface area (Å²) in [5.41, 5.74) is 0. The van der Waals surface area contributed by atoms with E-state index in [9.17, 15) is 0 Å². The minimum Gasteiger partial charge on any atom is -0.467 e. The zero-order chi connectivity index (χ0) is 18.5. The number of nitrogens with zero attached hydrogens (tertiary/aromatic N) is 2. The zero-order valence-corrected chi connectivity index (χ0v) is 19.2. The van der Waals surface area contributed by atoms with Gasteiger partial charge in [-0.05, 0) is 64.3 Å². The van der Waals surface area contributed by atoms with Gasteiger partial charge < -0.3 is 24.7 Å². The van der Waals surface area contributed by atoms with Gasteiger partial charge in [0, 0.05) is 32.8 Å². The van der Waals surface area contributed by atoms with E-state index in [2.05, 4.69) is 27.4 Å². The second-order valence-electron chi connectivity index (χ2n) is 7.00. The molecule has 1 aliphatic heterocycles. The number of unbranched alkanes of at least 4 members (excludes halogenated alkanes) is 1. The normalized spacial score (nSPS) is 18.1. The first-order valence-electron chi connectivity index (χ1n) is 10.1. The van der Waals surface area contributed by atoms with Gasteiger partial charge in [0.05, 0.1) is 6.26 Å². The molecule has 1 fully saturated rings. The topological polar surface area (TPSA) is 62.0 Å². The lowest BCUT2D eigenvalue weighted by Crippen LogP contribution is -2.39. The van der Waals surface area contributed by atoms with E-state index in [4.69, 9.17) is 9.15 Å². The average Bonchev–Trinajstić information content (AvgIpc) is 3.17. The van der Waals surface area contributed by atoms with Crippen molar-refractivity contribution >= 4 is 29.9 Å². The van der Waals surface area contributed by atoms with Crippen molar-refractivity contribution in [2.75, 3.05) is 39.8 Å². The van der Waals surface area contributed by atoms with Gasteiger partial charge in [-0.3, -0.25) is 4.99 Å². The number of nitrogens with one attached hydrogen (secondary N) is 2. The number of furan rings is 1. The van der Waals surface area contributed by atoms with Gasteiger partial charge in [-0.25, -0.2) is 0 Å². The Morgan fingerprint density at radius 2 is 2.07 bits per heavy atom. The Kier molecular flexibility index (Phi) is 13.6. The standard InChI is InChI=1S/C20H36N4O2.HI/c1-18-9-3-5-13-24(18)14-6-4-11-22-20(21-2)23-12-8-15-25-17-19-10-7-16-26-19;/h7,10,16,18H,3-6,8-9,11-15,17H2,1-2H3,(H2,21,22,23);1H. The zero-order valence-electron chi connectivity index (χ0n) is 16.9. The van der Waals surface area contributed by atoms with Gasteiger partial charge >= 0.3 is 0 Å². The first-order valence-corrected chi connectivity index (χ1v) is 10.1. The molecule has 2 N–H and O–H groups in total. The lowest BCUT2D eigenvalue weighted by atomic mass is 10.0. The van der Waals surface area contributed by atoms with E-state index in [0.717, 1.165) is 37.3 Å². The summed E-state index contributed by atoms with van der Waals surface area (Å²) >= 11 is 0. The van der Waals surface area contributed by atoms with Gasteiger partial charge in [0.1, 0.15) is 12.4 Å². The number of aliphatic imine (C=N–C) groups is 1. The van der Waals surface area contributed by atoms with Crippen molar-refractivity contribution < 1.29 is 9.15 Å². The van der Waals surface area contributed by atoms with Crippen LogP contribution in [0.3, 0.4) is 0 Å². The molecule has 0 spiro atoms. The van der Waals surface area contributed by atoms with Crippen LogP contribution in [0.4, 0.5) is 0 Å². The van der Waals surface area contributed by atoms with Crippen LogP contribution in [0.1, 0.15) is 51.2 Å². The van der Waals surface area contributed by atoms with Crippen molar-refractivity contribution in [2.24, 2.45) is 4.99 Å². The van der Waals surface area contributed by atoms with Crippen LogP contribution in [0, 0.1) is 0 Å². The second kappa shape index (κ2) is 15.2. The SMILES string of the molecule is CN=C(NCCCCN1CCCCC1C)NCCCOCc1ccco1.I. The molecule has 156 valence electrons. The van der Waals surface area contributed by atoms with E-state index in [1.807, 2.05) is 19.2 Å². The maximum atomic E-state index is 5.57. The van der Waals surface area contributed by atoms with Crippen molar-refractivity contribution in [3.63, 3.8) is 0 Å². The van der Waals surface area contributed by atoms with Crippen LogP contribution < -0.4 is 10.6 Å². The third kappa shape index (κ3) is 10.4. The number of halogens is 1. The van der Waals surface area contributed by atoms with Crippen molar-refractivity contribution in [1.82, 2.24) is 15.5 Å². The Hall–Kier alpha value is -0.800. The number of likely N-dealkylation sites (tertiary alicyclic amines) is 1. The molecule has 6 nitrogen and oxygen atoms in total. The largest absolute Gasteiger partial charge is 0.467 e. The first-order chi connectivity index (χ1) is 12.8. The van der Waals surface area contributed by atoms with Crippen LogP contribution in [-0.2, 0) is 11.3 Å². The van der Waals surface area contributed by atoms with E-state index in [1.54, 1.807) is 6.26 Å². The highest BCUT2D eigenvalue weighted by Gasteiger charge is 2.16. The highest BCUT2D eigenvalue weighted by atomic mass is 127. The number of piperidine rings is 1. The third-order valence-electron chi connectivity index (χ3n) is 4.91. The molecule has 2 heterocycles. The van der Waals surface area contributed by atoms with Crippen LogP contribution in [0.2, 0.25) is 0 Å². The molecule has 1 aromatic heterocycles. The van der Waals surface area contributed by atoms with Gasteiger partial charge in [0.2, 0.25) is 0 Å². The maximum Gasteiger partial charge on any atom is 0.190 e. The van der Waals surface area contributed by atoms with Gasteiger partial charge in [-0.1, -0.05) is 6.42 Å². The molecule has 0 bridgehead atoms. The fourth-order valence-electron chi connectivity index (χ4n) is 3.31. The minimum atomic E-state index is 0. The van der Waals surface area contributed by atoms with Crippen molar-refractivity contribution in [1.29, 1.82) is 0 Å². The number of ether oxygens (including phenoxy) is 1. The van der Waals surface area contributed by atoms with Crippen molar-refractivity contribution in [3.8, 4) is 0 Å². The molecular formula is C20H37IN4O2. The molecule has 1 aromatic rings. The summed E-state index contributed by atoms with van der Waals surface area (Å²) in [5, 5.41) is 6.73. The number of hydrogen-bond acceptors (Lipinski definition) is 4. The number of rotatable bonds is 11. The minimum absolute atomic E-state index is 0. The highest BCUT2D eigenvalue weighted by molar-refractivity contribution is 14.0. The smallest absolute Gasteiger partial charge is 0.190 e. The Morgan fingerprint density at radius 1 is 1.26 bits per heavy atom. The summed E-state index contributed by atoms with van der Waals surface area (Å²) in [6.07, 6.45) is 9.15. The van der Waals surface area contributed by atoms with Crippen molar-refractivity contribution in [2.45, 2.75) is 58.1 Å². The molecule has 1 unspecified atom stereocenters. The maximum absolute atomic E-state index is 5.57. The van der Waals surface area contributed by atoms with E-state index < -0.39 is 0 Å². The molecule has 0 aliphatic carbocycles. The van der Waals surface area contributed by atoms with E-state index in [-0.39, 0.29) is 24.0 Å². The number of guanidine groups is 1. The highest BCUT2D eigenvalue weighted by Crippen LogP contribution is 2.16. The molecule has 0 aromatic carbocycles. The Bertz CT molecular complexity index is 496. The monoisotopic (exact) mass is 492 g/mol. The predicted octanol–water partition coefficient (Wildman–Crippen LogP) is 3.62. The Morgan fingerprint density at radius 3 is 2.78 bits per heavy atom. The Labute approximate surface area is 181 Å². The second-order valence-corrected chi connectivity index (χ2v) is 7.00. The summed E-state index contributed by atoms with van der Waals surface area (Å²) in [4.78, 5) is 6.91. The Balaban J connectivity index is 0.00000364. The summed E-state index contributed by atoms with van der Waals surface area (Å²) in [6, 6.07) is 4.57. The van der Waals surface area contributed by atoms with Gasteiger partial charge in [-0.15, -0.1) is 24.0 Å². The van der Waals surface area contributed by atoms with Gasteiger partial charge in [-0.2, -0.15) is 0 Å². The molecule has 0 saturated carbocycles. The van der Waals surface area contributed by atoms with E-state index >= 15 is 0 Å². The predicted molar refractivity (Wildman–Crippen MR) is 122 cm³/mol. The van der Waals surface area contributed by atoms with E-state index in [1.165, 1.54) is 45.2 Å². The van der Waals surface area contributed by atoms with Crippen molar-refractivity contribution in [3.05, 3.63) is 24.2 Å². The van der Waals surface area contributed by atoms with Crippen LogP contribution in [-0.4, -0.2) is 56.7 Å². The molecule has 0 amide bonds. The van der Waals surface area contributed by atoms with Crippen LogP contribution >= 0.6 is 24.0 Å². The molecule has 7 heteroatoms. The third-order valence-corrected chi connectivity index (χ3v) is 4.91. The lowest BCUT2D eigenvalue weighted by Gasteiger charge is -2.33.